The van der Waals surface area contributed by atoms with Gasteiger partial charge in [0.25, 0.3) is 0 Å². The minimum Gasteiger partial charge on any atom is -0.492 e. The number of piperidine rings is 1. The Labute approximate surface area is 131 Å². The van der Waals surface area contributed by atoms with Crippen molar-refractivity contribution in [3.63, 3.8) is 0 Å². The van der Waals surface area contributed by atoms with Gasteiger partial charge in [0.05, 0.1) is 0 Å². The number of likely N-dealkylation sites (N-methyl/N-ethyl adjacent to an activating group) is 1. The Morgan fingerprint density at radius 1 is 1.32 bits per heavy atom. The number of anilines is 1. The molecule has 0 amide bonds. The number of benzene rings is 1. The number of allylic oxidation sites excluding steroid dienone is 1. The average molecular weight is 296 g/mol. The molecule has 5 nitrogen and oxygen atoms in total. The molecule has 1 aliphatic rings. The number of nitriles is 2. The van der Waals surface area contributed by atoms with Crippen molar-refractivity contribution in [3.8, 4) is 17.9 Å². The van der Waals surface area contributed by atoms with E-state index in [1.807, 2.05) is 24.3 Å². The van der Waals surface area contributed by atoms with Gasteiger partial charge in [-0.25, -0.2) is 0 Å². The van der Waals surface area contributed by atoms with Crippen molar-refractivity contribution >= 4 is 5.69 Å². The van der Waals surface area contributed by atoms with Gasteiger partial charge >= 0.3 is 0 Å². The summed E-state index contributed by atoms with van der Waals surface area (Å²) in [6.45, 7) is 1.85. The molecule has 0 aromatic heterocycles. The Bertz CT molecular complexity index is 579. The normalized spacial score (nSPS) is 17.9. The highest BCUT2D eigenvalue weighted by atomic mass is 16.5. The van der Waals surface area contributed by atoms with E-state index in [0.717, 1.165) is 18.0 Å². The maximum absolute atomic E-state index is 8.66. The number of likely N-dealkylation sites (tertiary alicyclic amines) is 1. The molecule has 0 bridgehead atoms. The Morgan fingerprint density at radius 3 is 2.68 bits per heavy atom. The van der Waals surface area contributed by atoms with Gasteiger partial charge in [0, 0.05) is 17.9 Å². The van der Waals surface area contributed by atoms with E-state index >= 15 is 0 Å². The van der Waals surface area contributed by atoms with Crippen LogP contribution in [-0.4, -0.2) is 31.1 Å². The van der Waals surface area contributed by atoms with Crippen LogP contribution in [0.3, 0.4) is 0 Å². The van der Waals surface area contributed by atoms with E-state index in [-0.39, 0.29) is 5.57 Å². The van der Waals surface area contributed by atoms with E-state index in [1.54, 1.807) is 12.1 Å². The monoisotopic (exact) mass is 296 g/mol. The zero-order chi connectivity index (χ0) is 15.8. The second-order valence-electron chi connectivity index (χ2n) is 5.39. The molecular weight excluding hydrogens is 276 g/mol. The molecule has 1 aliphatic heterocycles. The second kappa shape index (κ2) is 8.07. The lowest BCUT2D eigenvalue weighted by Gasteiger charge is -2.32. The molecule has 1 aromatic rings. The van der Waals surface area contributed by atoms with Crippen LogP contribution in [0.1, 0.15) is 19.3 Å². The van der Waals surface area contributed by atoms with Crippen LogP contribution in [0, 0.1) is 22.7 Å². The smallest absolute Gasteiger partial charge is 0.145 e. The van der Waals surface area contributed by atoms with Crippen molar-refractivity contribution in [2.75, 3.05) is 25.5 Å². The van der Waals surface area contributed by atoms with E-state index in [1.165, 1.54) is 25.5 Å². The summed E-state index contributed by atoms with van der Waals surface area (Å²) in [5.74, 6) is 0.828. The molecule has 1 N–H and O–H groups in total. The number of rotatable bonds is 5. The third-order valence-corrected chi connectivity index (χ3v) is 3.84. The molecule has 0 aliphatic carbocycles. The molecule has 5 heteroatoms. The van der Waals surface area contributed by atoms with Gasteiger partial charge < -0.3 is 15.0 Å². The minimum absolute atomic E-state index is 0.0423. The van der Waals surface area contributed by atoms with Crippen LogP contribution in [0.25, 0.3) is 0 Å². The summed E-state index contributed by atoms with van der Waals surface area (Å²) in [5, 5.41) is 20.2. The highest BCUT2D eigenvalue weighted by molar-refractivity contribution is 5.51. The topological polar surface area (TPSA) is 72.1 Å². The molecule has 1 saturated heterocycles. The Hall–Kier alpha value is -2.50. The zero-order valence-electron chi connectivity index (χ0n) is 12.7. The molecule has 0 saturated carbocycles. The molecule has 0 spiro atoms. The average Bonchev–Trinajstić information content (AvgIpc) is 2.56. The predicted molar refractivity (Wildman–Crippen MR) is 85.1 cm³/mol. The first kappa shape index (κ1) is 15.9. The number of hydrogen-bond donors (Lipinski definition) is 1. The van der Waals surface area contributed by atoms with Crippen LogP contribution < -0.4 is 10.1 Å². The van der Waals surface area contributed by atoms with Crippen LogP contribution in [0.2, 0.25) is 0 Å². The van der Waals surface area contributed by atoms with Gasteiger partial charge in [-0.3, -0.25) is 0 Å². The molecule has 2 rings (SSSR count). The summed E-state index contributed by atoms with van der Waals surface area (Å²) in [6.07, 6.45) is 5.13. The van der Waals surface area contributed by atoms with Crippen molar-refractivity contribution in [3.05, 3.63) is 36.0 Å². The molecule has 1 unspecified atom stereocenters. The zero-order valence-corrected chi connectivity index (χ0v) is 12.7. The third-order valence-electron chi connectivity index (χ3n) is 3.84. The SMILES string of the molecule is CN1CCCCC1COc1ccc(NC=C(C#N)C#N)cc1. The fourth-order valence-electron chi connectivity index (χ4n) is 2.44. The van der Waals surface area contributed by atoms with Crippen LogP contribution in [0.15, 0.2) is 36.0 Å². The molecule has 22 heavy (non-hydrogen) atoms. The largest absolute Gasteiger partial charge is 0.492 e. The molecule has 1 atom stereocenters. The first-order valence-electron chi connectivity index (χ1n) is 7.43. The van der Waals surface area contributed by atoms with E-state index in [0.29, 0.717) is 12.6 Å². The van der Waals surface area contributed by atoms with Crippen LogP contribution in [0.4, 0.5) is 5.69 Å². The lowest BCUT2D eigenvalue weighted by Crippen LogP contribution is -2.40. The second-order valence-corrected chi connectivity index (χ2v) is 5.39. The standard InChI is InChI=1S/C17H20N4O/c1-21-9-3-2-4-16(21)13-22-17-7-5-15(6-8-17)20-12-14(10-18)11-19/h5-8,12,16,20H,2-4,9,13H2,1H3. The quantitative estimate of drug-likeness (QED) is 0.846. The molecular formula is C17H20N4O. The lowest BCUT2D eigenvalue weighted by molar-refractivity contribution is 0.125. The fraction of sp³-hybridized carbons (Fsp3) is 0.412. The Balaban J connectivity index is 1.85. The highest BCUT2D eigenvalue weighted by Gasteiger charge is 2.19. The third kappa shape index (κ3) is 4.51. The molecule has 1 aromatic carbocycles. The summed E-state index contributed by atoms with van der Waals surface area (Å²) in [7, 11) is 2.15. The van der Waals surface area contributed by atoms with Gasteiger partial charge in [-0.2, -0.15) is 10.5 Å². The summed E-state index contributed by atoms with van der Waals surface area (Å²) in [6, 6.07) is 11.6. The molecule has 1 heterocycles. The van der Waals surface area contributed by atoms with E-state index in [9.17, 15) is 0 Å². The van der Waals surface area contributed by atoms with Crippen LogP contribution >= 0.6 is 0 Å². The number of hydrogen-bond acceptors (Lipinski definition) is 5. The fourth-order valence-corrected chi connectivity index (χ4v) is 2.44. The van der Waals surface area contributed by atoms with Gasteiger partial charge in [0.15, 0.2) is 0 Å². The molecule has 114 valence electrons. The van der Waals surface area contributed by atoms with Gasteiger partial charge in [-0.1, -0.05) is 6.42 Å². The first-order valence-corrected chi connectivity index (χ1v) is 7.43. The van der Waals surface area contributed by atoms with Crippen molar-refractivity contribution in [1.29, 1.82) is 10.5 Å². The van der Waals surface area contributed by atoms with Crippen molar-refractivity contribution < 1.29 is 4.74 Å². The van der Waals surface area contributed by atoms with Gasteiger partial charge in [0.1, 0.15) is 30.1 Å². The van der Waals surface area contributed by atoms with Crippen LogP contribution in [-0.2, 0) is 0 Å². The number of nitrogens with one attached hydrogen (secondary N) is 1. The number of nitrogens with zero attached hydrogens (tertiary/aromatic N) is 3. The summed E-state index contributed by atoms with van der Waals surface area (Å²) < 4.78 is 5.85. The van der Waals surface area contributed by atoms with Crippen molar-refractivity contribution in [1.82, 2.24) is 4.90 Å². The molecule has 0 radical (unpaired) electrons. The van der Waals surface area contributed by atoms with Gasteiger partial charge in [0.2, 0.25) is 0 Å². The lowest BCUT2D eigenvalue weighted by atomic mass is 10.0. The predicted octanol–water partition coefficient (Wildman–Crippen LogP) is 2.89. The van der Waals surface area contributed by atoms with Crippen molar-refractivity contribution in [2.45, 2.75) is 25.3 Å². The van der Waals surface area contributed by atoms with Crippen LogP contribution in [0.5, 0.6) is 5.75 Å². The maximum Gasteiger partial charge on any atom is 0.145 e. The van der Waals surface area contributed by atoms with Gasteiger partial charge in [-0.15, -0.1) is 0 Å². The first-order chi connectivity index (χ1) is 10.7. The Morgan fingerprint density at radius 2 is 2.05 bits per heavy atom. The van der Waals surface area contributed by atoms with Crippen molar-refractivity contribution in [2.24, 2.45) is 0 Å². The minimum atomic E-state index is 0.0423. The summed E-state index contributed by atoms with van der Waals surface area (Å²) in [5.41, 5.74) is 0.853. The maximum atomic E-state index is 8.66. The van der Waals surface area contributed by atoms with E-state index < -0.39 is 0 Å². The van der Waals surface area contributed by atoms with Gasteiger partial charge in [-0.05, 0) is 50.7 Å². The van der Waals surface area contributed by atoms with E-state index in [4.69, 9.17) is 15.3 Å². The summed E-state index contributed by atoms with van der Waals surface area (Å²) >= 11 is 0. The Kier molecular flexibility index (Phi) is 5.82. The molecule has 1 fully saturated rings. The number of ether oxygens (including phenoxy) is 1. The highest BCUT2D eigenvalue weighted by Crippen LogP contribution is 2.19. The summed E-state index contributed by atoms with van der Waals surface area (Å²) in [4.78, 5) is 2.36. The van der Waals surface area contributed by atoms with E-state index in [2.05, 4.69) is 17.3 Å².